The fourth-order valence-electron chi connectivity index (χ4n) is 1.27. The van der Waals surface area contributed by atoms with E-state index < -0.39 is 12.2 Å². The molecule has 1 aliphatic carbocycles. The molecule has 0 bridgehead atoms. The first kappa shape index (κ1) is 10.4. The summed E-state index contributed by atoms with van der Waals surface area (Å²) in [6.07, 6.45) is 3.95. The predicted molar refractivity (Wildman–Crippen MR) is 35.1 cm³/mol. The first-order valence-electron chi connectivity index (χ1n) is 3.67. The average Bonchev–Trinajstić information content (AvgIpc) is 1.99. The van der Waals surface area contributed by atoms with Crippen molar-refractivity contribution in [3.05, 3.63) is 0 Å². The fraction of sp³-hybridized carbons (Fsp3) is 1.00. The third kappa shape index (κ3) is 3.02. The zero-order valence-corrected chi connectivity index (χ0v) is 6.83. The average molecular weight is 194 g/mol. The van der Waals surface area contributed by atoms with Crippen LogP contribution in [0, 0.1) is 0 Å². The van der Waals surface area contributed by atoms with E-state index in [2.05, 4.69) is 0 Å². The third-order valence-corrected chi connectivity index (χ3v) is 1.94. The van der Waals surface area contributed by atoms with Crippen LogP contribution in [0.4, 0.5) is 0 Å². The molecule has 1 radical (unpaired) electrons. The van der Waals surface area contributed by atoms with Crippen LogP contribution in [0.5, 0.6) is 0 Å². The molecule has 0 aliphatic heterocycles. The molecule has 1 saturated carbocycles. The standard InChI is InChI=1S/C7H14O2.Cu/c8-6-4-2-1-3-5-7(6)9;/h6-9H,1-5H2;/q;+2. The summed E-state index contributed by atoms with van der Waals surface area (Å²) >= 11 is 0. The van der Waals surface area contributed by atoms with Crippen molar-refractivity contribution in [2.45, 2.75) is 44.3 Å². The molecule has 3 heteroatoms. The van der Waals surface area contributed by atoms with Crippen molar-refractivity contribution in [1.82, 2.24) is 0 Å². The Kier molecular flexibility index (Phi) is 5.36. The van der Waals surface area contributed by atoms with Crippen LogP contribution >= 0.6 is 0 Å². The molecule has 0 saturated heterocycles. The van der Waals surface area contributed by atoms with E-state index in [0.717, 1.165) is 32.1 Å². The van der Waals surface area contributed by atoms with E-state index in [0.29, 0.717) is 0 Å². The summed E-state index contributed by atoms with van der Waals surface area (Å²) in [5, 5.41) is 18.2. The van der Waals surface area contributed by atoms with Crippen molar-refractivity contribution in [3.63, 3.8) is 0 Å². The molecule has 63 valence electrons. The van der Waals surface area contributed by atoms with Crippen molar-refractivity contribution in [1.29, 1.82) is 0 Å². The van der Waals surface area contributed by atoms with Gasteiger partial charge in [-0.1, -0.05) is 19.3 Å². The van der Waals surface area contributed by atoms with Gasteiger partial charge in [0.25, 0.3) is 0 Å². The van der Waals surface area contributed by atoms with Gasteiger partial charge in [-0.3, -0.25) is 0 Å². The SMILES string of the molecule is OC1CCCCCC1O.[Cu+2]. The molecular formula is C7H14CuO2+2. The van der Waals surface area contributed by atoms with E-state index in [1.807, 2.05) is 0 Å². The van der Waals surface area contributed by atoms with Crippen LogP contribution in [0.25, 0.3) is 0 Å². The first-order valence-corrected chi connectivity index (χ1v) is 3.67. The van der Waals surface area contributed by atoms with E-state index in [9.17, 15) is 0 Å². The minimum atomic E-state index is -0.451. The van der Waals surface area contributed by atoms with Crippen LogP contribution < -0.4 is 0 Å². The van der Waals surface area contributed by atoms with Gasteiger partial charge in [-0.15, -0.1) is 0 Å². The molecule has 10 heavy (non-hydrogen) atoms. The van der Waals surface area contributed by atoms with Crippen molar-refractivity contribution in [2.24, 2.45) is 0 Å². The Balaban J connectivity index is 0.000000810. The van der Waals surface area contributed by atoms with Crippen LogP contribution in [-0.2, 0) is 17.1 Å². The minimum Gasteiger partial charge on any atom is -0.390 e. The van der Waals surface area contributed by atoms with Crippen molar-refractivity contribution in [3.8, 4) is 0 Å². The van der Waals surface area contributed by atoms with E-state index in [1.165, 1.54) is 0 Å². The van der Waals surface area contributed by atoms with Crippen LogP contribution in [-0.4, -0.2) is 22.4 Å². The quantitative estimate of drug-likeness (QED) is 0.439. The molecule has 0 aromatic carbocycles. The fourth-order valence-corrected chi connectivity index (χ4v) is 1.27. The number of hydrogen-bond donors (Lipinski definition) is 2. The summed E-state index contributed by atoms with van der Waals surface area (Å²) in [6.45, 7) is 0. The summed E-state index contributed by atoms with van der Waals surface area (Å²) in [4.78, 5) is 0. The molecule has 2 atom stereocenters. The maximum absolute atomic E-state index is 9.11. The largest absolute Gasteiger partial charge is 2.00 e. The summed E-state index contributed by atoms with van der Waals surface area (Å²) in [5.41, 5.74) is 0. The van der Waals surface area contributed by atoms with Crippen molar-refractivity contribution < 1.29 is 27.3 Å². The van der Waals surface area contributed by atoms with Crippen molar-refractivity contribution >= 4 is 0 Å². The Morgan fingerprint density at radius 3 is 1.60 bits per heavy atom. The molecule has 1 rings (SSSR count). The van der Waals surface area contributed by atoms with Gasteiger partial charge in [0.2, 0.25) is 0 Å². The Morgan fingerprint density at radius 2 is 1.20 bits per heavy atom. The number of aliphatic hydroxyl groups excluding tert-OH is 2. The minimum absolute atomic E-state index is 0. The monoisotopic (exact) mass is 193 g/mol. The van der Waals surface area contributed by atoms with Gasteiger partial charge >= 0.3 is 17.1 Å². The summed E-state index contributed by atoms with van der Waals surface area (Å²) in [5.74, 6) is 0. The summed E-state index contributed by atoms with van der Waals surface area (Å²) in [6, 6.07) is 0. The van der Waals surface area contributed by atoms with Gasteiger partial charge in [0.1, 0.15) is 0 Å². The second kappa shape index (κ2) is 5.14. The van der Waals surface area contributed by atoms with Crippen LogP contribution in [0.2, 0.25) is 0 Å². The molecule has 1 aliphatic rings. The maximum Gasteiger partial charge on any atom is 2.00 e. The van der Waals surface area contributed by atoms with Crippen LogP contribution in [0.1, 0.15) is 32.1 Å². The number of hydrogen-bond acceptors (Lipinski definition) is 2. The van der Waals surface area contributed by atoms with Gasteiger partial charge in [0.05, 0.1) is 12.2 Å². The molecular weight excluding hydrogens is 180 g/mol. The van der Waals surface area contributed by atoms with Gasteiger partial charge in [0.15, 0.2) is 0 Å². The van der Waals surface area contributed by atoms with Gasteiger partial charge in [-0.2, -0.15) is 0 Å². The molecule has 2 N–H and O–H groups in total. The van der Waals surface area contributed by atoms with E-state index >= 15 is 0 Å². The first-order chi connectivity index (χ1) is 4.30. The normalized spacial score (nSPS) is 34.2. The zero-order chi connectivity index (χ0) is 6.69. The predicted octanol–water partition coefficient (Wildman–Crippen LogP) is 0.670. The van der Waals surface area contributed by atoms with E-state index in [-0.39, 0.29) is 17.1 Å². The molecule has 2 unspecified atom stereocenters. The molecule has 0 aromatic rings. The van der Waals surface area contributed by atoms with Gasteiger partial charge < -0.3 is 10.2 Å². The van der Waals surface area contributed by atoms with Gasteiger partial charge in [-0.05, 0) is 12.8 Å². The topological polar surface area (TPSA) is 40.5 Å². The van der Waals surface area contributed by atoms with Crippen LogP contribution in [0.15, 0.2) is 0 Å². The Labute approximate surface area is 72.1 Å². The van der Waals surface area contributed by atoms with E-state index in [1.54, 1.807) is 0 Å². The molecule has 0 heterocycles. The molecule has 0 spiro atoms. The van der Waals surface area contributed by atoms with E-state index in [4.69, 9.17) is 10.2 Å². The smallest absolute Gasteiger partial charge is 0.390 e. The van der Waals surface area contributed by atoms with Gasteiger partial charge in [0, 0.05) is 0 Å². The number of aliphatic hydroxyl groups is 2. The van der Waals surface area contributed by atoms with Crippen LogP contribution in [0.3, 0.4) is 0 Å². The number of rotatable bonds is 0. The second-order valence-corrected chi connectivity index (χ2v) is 2.77. The Morgan fingerprint density at radius 1 is 0.800 bits per heavy atom. The third-order valence-electron chi connectivity index (χ3n) is 1.94. The Bertz CT molecular complexity index is 77.7. The van der Waals surface area contributed by atoms with Gasteiger partial charge in [-0.25, -0.2) is 0 Å². The molecule has 1 fully saturated rings. The maximum atomic E-state index is 9.11. The molecule has 0 amide bonds. The Hall–Kier alpha value is 0.439. The second-order valence-electron chi connectivity index (χ2n) is 2.77. The summed E-state index contributed by atoms with van der Waals surface area (Å²) in [7, 11) is 0. The zero-order valence-electron chi connectivity index (χ0n) is 5.89. The molecule has 0 aromatic heterocycles. The molecule has 2 nitrogen and oxygen atoms in total. The van der Waals surface area contributed by atoms with Crippen molar-refractivity contribution in [2.75, 3.05) is 0 Å². The summed E-state index contributed by atoms with van der Waals surface area (Å²) < 4.78 is 0.